The molecule has 1 atom stereocenters. The number of rotatable bonds is 3. The van der Waals surface area contributed by atoms with Gasteiger partial charge in [0.15, 0.2) is 0 Å². The van der Waals surface area contributed by atoms with Gasteiger partial charge in [-0.05, 0) is 17.7 Å². The highest BCUT2D eigenvalue weighted by molar-refractivity contribution is 6.28. The second kappa shape index (κ2) is 5.19. The van der Waals surface area contributed by atoms with Gasteiger partial charge >= 0.3 is 0 Å². The van der Waals surface area contributed by atoms with Crippen LogP contribution in [-0.2, 0) is 4.79 Å². The monoisotopic (exact) mass is 251 g/mol. The molecule has 1 aromatic carbocycles. The molecule has 0 aromatic heterocycles. The Labute approximate surface area is 105 Å². The molecule has 1 aromatic rings. The molecule has 2 rings (SSSR count). The van der Waals surface area contributed by atoms with Gasteiger partial charge in [-0.1, -0.05) is 12.1 Å². The summed E-state index contributed by atoms with van der Waals surface area (Å²) in [7, 11) is 0. The second-order valence-electron chi connectivity index (χ2n) is 4.04. The van der Waals surface area contributed by atoms with Crippen LogP contribution in [0.1, 0.15) is 17.9 Å². The van der Waals surface area contributed by atoms with E-state index in [-0.39, 0.29) is 17.7 Å². The van der Waals surface area contributed by atoms with E-state index < -0.39 is 0 Å². The SMILES string of the molecule is NC(CCl)=Nc1cccc(C2CNC(=O)C2)c1. The molecule has 0 radical (unpaired) electrons. The molecule has 0 saturated carbocycles. The van der Waals surface area contributed by atoms with Crippen molar-refractivity contribution in [1.82, 2.24) is 5.32 Å². The number of amidine groups is 1. The summed E-state index contributed by atoms with van der Waals surface area (Å²) in [4.78, 5) is 15.3. The largest absolute Gasteiger partial charge is 0.386 e. The molecular formula is C12H14ClN3O. The van der Waals surface area contributed by atoms with Crippen LogP contribution in [0, 0.1) is 0 Å². The maximum atomic E-state index is 11.2. The molecule has 5 heteroatoms. The van der Waals surface area contributed by atoms with Crippen LogP contribution in [0.4, 0.5) is 5.69 Å². The first-order chi connectivity index (χ1) is 8.19. The topological polar surface area (TPSA) is 67.5 Å². The van der Waals surface area contributed by atoms with E-state index in [4.69, 9.17) is 17.3 Å². The van der Waals surface area contributed by atoms with E-state index in [0.717, 1.165) is 11.3 Å². The Morgan fingerprint density at radius 3 is 3.06 bits per heavy atom. The molecule has 1 amide bonds. The third-order valence-corrected chi connectivity index (χ3v) is 3.00. The van der Waals surface area contributed by atoms with E-state index >= 15 is 0 Å². The molecule has 0 aliphatic carbocycles. The minimum Gasteiger partial charge on any atom is -0.386 e. The van der Waals surface area contributed by atoms with Gasteiger partial charge in [-0.25, -0.2) is 4.99 Å². The van der Waals surface area contributed by atoms with E-state index in [2.05, 4.69) is 10.3 Å². The average Bonchev–Trinajstić information content (AvgIpc) is 2.76. The first-order valence-electron chi connectivity index (χ1n) is 5.44. The highest BCUT2D eigenvalue weighted by atomic mass is 35.5. The molecule has 3 N–H and O–H groups in total. The summed E-state index contributed by atoms with van der Waals surface area (Å²) < 4.78 is 0. The van der Waals surface area contributed by atoms with E-state index in [1.54, 1.807) is 0 Å². The number of nitrogens with two attached hydrogens (primary N) is 1. The molecule has 0 spiro atoms. The number of aliphatic imine (C=N–C) groups is 1. The standard InChI is InChI=1S/C12H14ClN3O/c13-6-11(14)16-10-3-1-2-8(4-10)9-5-12(17)15-7-9/h1-4,9H,5-7H2,(H2,14,16)(H,15,17). The number of nitrogens with zero attached hydrogens (tertiary/aromatic N) is 1. The van der Waals surface area contributed by atoms with Crippen molar-refractivity contribution in [3.05, 3.63) is 29.8 Å². The minimum atomic E-state index is 0.101. The summed E-state index contributed by atoms with van der Waals surface area (Å²) in [6, 6.07) is 7.73. The fourth-order valence-electron chi connectivity index (χ4n) is 1.88. The van der Waals surface area contributed by atoms with Crippen molar-refractivity contribution in [1.29, 1.82) is 0 Å². The molecule has 1 fully saturated rings. The van der Waals surface area contributed by atoms with E-state index in [0.29, 0.717) is 18.8 Å². The van der Waals surface area contributed by atoms with Gasteiger partial charge in [-0.2, -0.15) is 0 Å². The van der Waals surface area contributed by atoms with E-state index in [1.165, 1.54) is 0 Å². The van der Waals surface area contributed by atoms with Crippen molar-refractivity contribution in [2.24, 2.45) is 10.7 Å². The third kappa shape index (κ3) is 2.97. The number of carbonyl (C=O) groups is 1. The molecule has 1 heterocycles. The van der Waals surface area contributed by atoms with Gasteiger partial charge in [-0.3, -0.25) is 4.79 Å². The maximum absolute atomic E-state index is 11.2. The Morgan fingerprint density at radius 1 is 1.59 bits per heavy atom. The maximum Gasteiger partial charge on any atom is 0.220 e. The predicted octanol–water partition coefficient (Wildman–Crippen LogP) is 1.52. The first-order valence-corrected chi connectivity index (χ1v) is 5.98. The van der Waals surface area contributed by atoms with Crippen molar-refractivity contribution in [2.75, 3.05) is 12.4 Å². The fraction of sp³-hybridized carbons (Fsp3) is 0.333. The smallest absolute Gasteiger partial charge is 0.220 e. The lowest BCUT2D eigenvalue weighted by Crippen LogP contribution is -2.13. The van der Waals surface area contributed by atoms with E-state index in [9.17, 15) is 4.79 Å². The van der Waals surface area contributed by atoms with Crippen LogP contribution in [0.25, 0.3) is 0 Å². The normalized spacial score (nSPS) is 20.4. The van der Waals surface area contributed by atoms with Crippen molar-refractivity contribution in [3.8, 4) is 0 Å². The zero-order valence-corrected chi connectivity index (χ0v) is 10.1. The second-order valence-corrected chi connectivity index (χ2v) is 4.30. The van der Waals surface area contributed by atoms with Crippen LogP contribution < -0.4 is 11.1 Å². The van der Waals surface area contributed by atoms with Crippen LogP contribution in [0.3, 0.4) is 0 Å². The third-order valence-electron chi connectivity index (χ3n) is 2.73. The Hall–Kier alpha value is -1.55. The van der Waals surface area contributed by atoms with Gasteiger partial charge in [0.05, 0.1) is 11.6 Å². The summed E-state index contributed by atoms with van der Waals surface area (Å²) >= 11 is 5.58. The molecule has 1 saturated heterocycles. The summed E-state index contributed by atoms with van der Waals surface area (Å²) in [5.74, 6) is 0.941. The highest BCUT2D eigenvalue weighted by Gasteiger charge is 2.22. The fourth-order valence-corrected chi connectivity index (χ4v) is 1.94. The van der Waals surface area contributed by atoms with Crippen molar-refractivity contribution >= 4 is 29.0 Å². The molecule has 4 nitrogen and oxygen atoms in total. The lowest BCUT2D eigenvalue weighted by atomic mass is 9.98. The number of amides is 1. The number of alkyl halides is 1. The predicted molar refractivity (Wildman–Crippen MR) is 68.8 cm³/mol. The van der Waals surface area contributed by atoms with Crippen LogP contribution in [-0.4, -0.2) is 24.2 Å². The lowest BCUT2D eigenvalue weighted by molar-refractivity contribution is -0.119. The van der Waals surface area contributed by atoms with Crippen molar-refractivity contribution in [3.63, 3.8) is 0 Å². The summed E-state index contributed by atoms with van der Waals surface area (Å²) in [5, 5.41) is 2.82. The molecule has 0 bridgehead atoms. The molecule has 1 aliphatic rings. The Balaban J connectivity index is 2.20. The Bertz CT molecular complexity index is 459. The number of nitrogens with one attached hydrogen (secondary N) is 1. The van der Waals surface area contributed by atoms with Gasteiger partial charge in [0.25, 0.3) is 0 Å². The van der Waals surface area contributed by atoms with Crippen LogP contribution in [0.15, 0.2) is 29.3 Å². The van der Waals surface area contributed by atoms with Crippen LogP contribution in [0.5, 0.6) is 0 Å². The van der Waals surface area contributed by atoms with Gasteiger partial charge in [0.1, 0.15) is 5.84 Å². The minimum absolute atomic E-state index is 0.101. The number of halogens is 1. The molecule has 90 valence electrons. The zero-order valence-electron chi connectivity index (χ0n) is 9.32. The summed E-state index contributed by atoms with van der Waals surface area (Å²) in [5.41, 5.74) is 7.46. The van der Waals surface area contributed by atoms with Crippen LogP contribution in [0.2, 0.25) is 0 Å². The van der Waals surface area contributed by atoms with Crippen molar-refractivity contribution in [2.45, 2.75) is 12.3 Å². The quantitative estimate of drug-likeness (QED) is 0.486. The number of benzene rings is 1. The Kier molecular flexibility index (Phi) is 3.64. The van der Waals surface area contributed by atoms with Gasteiger partial charge in [0, 0.05) is 18.9 Å². The average molecular weight is 252 g/mol. The summed E-state index contributed by atoms with van der Waals surface area (Å²) in [6.07, 6.45) is 0.540. The zero-order chi connectivity index (χ0) is 12.3. The van der Waals surface area contributed by atoms with Gasteiger partial charge in [-0.15, -0.1) is 11.6 Å². The van der Waals surface area contributed by atoms with Gasteiger partial charge < -0.3 is 11.1 Å². The number of hydrogen-bond donors (Lipinski definition) is 2. The molecular weight excluding hydrogens is 238 g/mol. The molecule has 1 aliphatic heterocycles. The number of carbonyl (C=O) groups excluding carboxylic acids is 1. The lowest BCUT2D eigenvalue weighted by Gasteiger charge is -2.08. The van der Waals surface area contributed by atoms with Crippen molar-refractivity contribution < 1.29 is 4.79 Å². The highest BCUT2D eigenvalue weighted by Crippen LogP contribution is 2.26. The molecule has 1 unspecified atom stereocenters. The first kappa shape index (κ1) is 11.9. The van der Waals surface area contributed by atoms with Gasteiger partial charge in [0.2, 0.25) is 5.91 Å². The van der Waals surface area contributed by atoms with E-state index in [1.807, 2.05) is 24.3 Å². The Morgan fingerprint density at radius 2 is 2.41 bits per heavy atom. The summed E-state index contributed by atoms with van der Waals surface area (Å²) in [6.45, 7) is 0.691. The number of hydrogen-bond acceptors (Lipinski definition) is 2. The molecule has 17 heavy (non-hydrogen) atoms. The van der Waals surface area contributed by atoms with Crippen LogP contribution >= 0.6 is 11.6 Å².